The van der Waals surface area contributed by atoms with Crippen LogP contribution in [-0.4, -0.2) is 81.8 Å². The molecule has 4 aromatic heterocycles. The van der Waals surface area contributed by atoms with Crippen LogP contribution < -0.4 is 14.8 Å². The Kier molecular flexibility index (Phi) is 9.54. The number of nitriles is 1. The Morgan fingerprint density at radius 2 is 1.75 bits per heavy atom. The van der Waals surface area contributed by atoms with E-state index in [4.69, 9.17) is 19.3 Å². The van der Waals surface area contributed by atoms with Gasteiger partial charge in [0.2, 0.25) is 5.95 Å². The smallest absolute Gasteiger partial charge is 0.257 e. The van der Waals surface area contributed by atoms with Crippen molar-refractivity contribution in [3.8, 4) is 28.8 Å². The summed E-state index contributed by atoms with van der Waals surface area (Å²) >= 11 is 0. The van der Waals surface area contributed by atoms with Gasteiger partial charge < -0.3 is 19.5 Å². The monoisotopic (exact) mass is 687 g/mol. The molecular formula is C37H41N11O3. The minimum atomic E-state index is -0.234. The summed E-state index contributed by atoms with van der Waals surface area (Å²) in [6.07, 6.45) is 17.1. The SMILES string of the molecule is CC(Cn1cncn1)Oc1cc(-c2cnc(Nc3cn(C4CCC(N5[C@@H]6CC[C@H]5COC6)CC4)nc3OCc3ccccn3)nc2)ccc1C#N. The van der Waals surface area contributed by atoms with Crippen molar-refractivity contribution in [1.29, 1.82) is 5.26 Å². The lowest BCUT2D eigenvalue weighted by atomic mass is 9.89. The van der Waals surface area contributed by atoms with Gasteiger partial charge >= 0.3 is 0 Å². The maximum Gasteiger partial charge on any atom is 0.257 e. The van der Waals surface area contributed by atoms with Crippen molar-refractivity contribution in [2.75, 3.05) is 18.5 Å². The number of ether oxygens (including phenoxy) is 3. The molecule has 8 rings (SSSR count). The number of nitrogens with zero attached hydrogens (tertiary/aromatic N) is 10. The molecule has 2 aliphatic heterocycles. The van der Waals surface area contributed by atoms with Crippen LogP contribution in [0.3, 0.4) is 0 Å². The molecule has 0 spiro atoms. The number of benzene rings is 1. The lowest BCUT2D eigenvalue weighted by Gasteiger charge is -2.43. The molecule has 1 N–H and O–H groups in total. The molecule has 3 aliphatic rings. The van der Waals surface area contributed by atoms with Crippen LogP contribution in [0.5, 0.6) is 11.6 Å². The number of aromatic nitrogens is 8. The molecule has 0 radical (unpaired) electrons. The fraction of sp³-hybridized carbons (Fsp3) is 0.432. The average molecular weight is 688 g/mol. The van der Waals surface area contributed by atoms with Crippen LogP contribution in [0, 0.1) is 11.3 Å². The highest BCUT2D eigenvalue weighted by Gasteiger charge is 2.42. The molecule has 6 heterocycles. The van der Waals surface area contributed by atoms with Crippen molar-refractivity contribution >= 4 is 11.6 Å². The lowest BCUT2D eigenvalue weighted by Crippen LogP contribution is -2.52. The van der Waals surface area contributed by atoms with Gasteiger partial charge in [0.25, 0.3) is 5.88 Å². The first-order chi connectivity index (χ1) is 25.1. The van der Waals surface area contributed by atoms with E-state index < -0.39 is 0 Å². The second-order valence-corrected chi connectivity index (χ2v) is 13.6. The minimum Gasteiger partial charge on any atom is -0.487 e. The second kappa shape index (κ2) is 14.8. The first-order valence-electron chi connectivity index (χ1n) is 17.7. The summed E-state index contributed by atoms with van der Waals surface area (Å²) in [7, 11) is 0. The molecule has 3 fully saturated rings. The molecule has 5 aromatic rings. The first kappa shape index (κ1) is 32.8. The van der Waals surface area contributed by atoms with Gasteiger partial charge in [-0.3, -0.25) is 14.6 Å². The van der Waals surface area contributed by atoms with Gasteiger partial charge in [0.15, 0.2) is 0 Å². The van der Waals surface area contributed by atoms with E-state index in [2.05, 4.69) is 46.0 Å². The molecule has 2 bridgehead atoms. The molecule has 1 aliphatic carbocycles. The summed E-state index contributed by atoms with van der Waals surface area (Å²) in [5.41, 5.74) is 3.57. The fourth-order valence-electron chi connectivity index (χ4n) is 7.66. The van der Waals surface area contributed by atoms with Crippen LogP contribution >= 0.6 is 0 Å². The molecule has 51 heavy (non-hydrogen) atoms. The van der Waals surface area contributed by atoms with E-state index in [9.17, 15) is 5.26 Å². The normalized spacial score (nSPS) is 22.3. The van der Waals surface area contributed by atoms with Gasteiger partial charge in [0.1, 0.15) is 42.9 Å². The fourth-order valence-corrected chi connectivity index (χ4v) is 7.66. The van der Waals surface area contributed by atoms with Gasteiger partial charge in [-0.1, -0.05) is 12.1 Å². The van der Waals surface area contributed by atoms with Gasteiger partial charge in [-0.2, -0.15) is 10.4 Å². The number of nitrogens with one attached hydrogen (secondary N) is 1. The van der Waals surface area contributed by atoms with Gasteiger partial charge in [-0.05, 0) is 75.3 Å². The van der Waals surface area contributed by atoms with E-state index in [0.29, 0.717) is 60.1 Å². The molecule has 14 nitrogen and oxygen atoms in total. The van der Waals surface area contributed by atoms with Crippen LogP contribution in [0.25, 0.3) is 11.1 Å². The summed E-state index contributed by atoms with van der Waals surface area (Å²) < 4.78 is 22.0. The van der Waals surface area contributed by atoms with Gasteiger partial charge in [-0.15, -0.1) is 5.10 Å². The highest BCUT2D eigenvalue weighted by atomic mass is 16.5. The predicted octanol–water partition coefficient (Wildman–Crippen LogP) is 5.34. The third kappa shape index (κ3) is 7.40. The summed E-state index contributed by atoms with van der Waals surface area (Å²) in [6, 6.07) is 15.5. The van der Waals surface area contributed by atoms with E-state index in [1.807, 2.05) is 43.5 Å². The molecule has 262 valence electrons. The zero-order valence-electron chi connectivity index (χ0n) is 28.6. The van der Waals surface area contributed by atoms with Crippen LogP contribution in [0.2, 0.25) is 0 Å². The molecule has 0 amide bonds. The van der Waals surface area contributed by atoms with E-state index in [1.165, 1.54) is 19.2 Å². The minimum absolute atomic E-state index is 0.234. The van der Waals surface area contributed by atoms with Gasteiger partial charge in [0, 0.05) is 42.3 Å². The van der Waals surface area contributed by atoms with Crippen LogP contribution in [0.4, 0.5) is 11.6 Å². The van der Waals surface area contributed by atoms with Gasteiger partial charge in [-0.25, -0.2) is 19.6 Å². The second-order valence-electron chi connectivity index (χ2n) is 13.6. The van der Waals surface area contributed by atoms with Crippen LogP contribution in [-0.2, 0) is 17.9 Å². The van der Waals surface area contributed by atoms with Crippen LogP contribution in [0.1, 0.15) is 62.7 Å². The van der Waals surface area contributed by atoms with Crippen molar-refractivity contribution in [3.63, 3.8) is 0 Å². The number of rotatable bonds is 12. The van der Waals surface area contributed by atoms with E-state index >= 15 is 0 Å². The Morgan fingerprint density at radius 3 is 2.47 bits per heavy atom. The van der Waals surface area contributed by atoms with E-state index in [-0.39, 0.29) is 12.1 Å². The summed E-state index contributed by atoms with van der Waals surface area (Å²) in [5.74, 6) is 1.38. The number of anilines is 2. The Morgan fingerprint density at radius 1 is 0.961 bits per heavy atom. The first-order valence-corrected chi connectivity index (χ1v) is 17.7. The molecule has 14 heteroatoms. The number of fused-ring (bicyclic) bond motifs is 2. The number of hydrogen-bond acceptors (Lipinski definition) is 12. The third-order valence-electron chi connectivity index (χ3n) is 10.1. The maximum absolute atomic E-state index is 9.71. The molecule has 3 atom stereocenters. The van der Waals surface area contributed by atoms with Crippen molar-refractivity contribution in [2.45, 2.75) is 88.9 Å². The Balaban J connectivity index is 0.968. The topological polar surface area (TPSA) is 154 Å². The third-order valence-corrected chi connectivity index (χ3v) is 10.1. The summed E-state index contributed by atoms with van der Waals surface area (Å²) in [6.45, 7) is 4.46. The van der Waals surface area contributed by atoms with Crippen molar-refractivity contribution < 1.29 is 14.2 Å². The zero-order chi connectivity index (χ0) is 34.6. The number of morpholine rings is 1. The van der Waals surface area contributed by atoms with Crippen LogP contribution in [0.15, 0.2) is 73.8 Å². The average Bonchev–Trinajstić information content (AvgIpc) is 3.89. The molecule has 1 saturated carbocycles. The number of hydrogen-bond donors (Lipinski definition) is 1. The molecule has 1 unspecified atom stereocenters. The van der Waals surface area contributed by atoms with Crippen molar-refractivity contribution in [2.24, 2.45) is 0 Å². The highest BCUT2D eigenvalue weighted by molar-refractivity contribution is 5.67. The highest BCUT2D eigenvalue weighted by Crippen LogP contribution is 2.39. The van der Waals surface area contributed by atoms with E-state index in [0.717, 1.165) is 55.7 Å². The Bertz CT molecular complexity index is 1920. The van der Waals surface area contributed by atoms with E-state index in [1.54, 1.807) is 35.7 Å². The zero-order valence-corrected chi connectivity index (χ0v) is 28.6. The maximum atomic E-state index is 9.71. The summed E-state index contributed by atoms with van der Waals surface area (Å²) in [4.78, 5) is 20.4. The quantitative estimate of drug-likeness (QED) is 0.180. The standard InChI is InChI=1S/C37H41N11O3/c1-25(18-46-24-39-23-43-46)51-35-14-26(5-6-27(35)15-38)28-16-41-37(42-17-28)44-34-19-47(45-36(34)50-20-29-4-2-3-13-40-29)30-7-9-31(10-8-30)48-32-11-12-33(48)22-49-21-32/h2-6,13-14,16-17,19,23-25,30-33H,7-12,18,20-22H2,1H3,(H,41,42,44)/t25?,30?,31?,32-,33+. The molecule has 2 saturated heterocycles. The Hall–Kier alpha value is -5.39. The molecular weight excluding hydrogens is 646 g/mol. The molecule has 1 aromatic carbocycles. The van der Waals surface area contributed by atoms with Crippen molar-refractivity contribution in [3.05, 3.63) is 85.1 Å². The number of pyridine rings is 1. The lowest BCUT2D eigenvalue weighted by molar-refractivity contribution is -0.0458. The van der Waals surface area contributed by atoms with Gasteiger partial charge in [0.05, 0.1) is 43.3 Å². The Labute approximate surface area is 296 Å². The summed E-state index contributed by atoms with van der Waals surface area (Å²) in [5, 5.41) is 22.1. The predicted molar refractivity (Wildman–Crippen MR) is 187 cm³/mol. The largest absolute Gasteiger partial charge is 0.487 e. The van der Waals surface area contributed by atoms with Crippen molar-refractivity contribution in [1.82, 2.24) is 44.4 Å².